The summed E-state index contributed by atoms with van der Waals surface area (Å²) < 4.78 is 25.7. The SMILES string of the molecule is CCCCc1cccc(NC(=O)CCCCNS(=O)(=O)C(C)C)c1. The summed E-state index contributed by atoms with van der Waals surface area (Å²) in [4.78, 5) is 12.0. The van der Waals surface area contributed by atoms with Crippen molar-refractivity contribution in [2.24, 2.45) is 0 Å². The molecule has 24 heavy (non-hydrogen) atoms. The van der Waals surface area contributed by atoms with Crippen LogP contribution in [0.4, 0.5) is 5.69 Å². The fourth-order valence-electron chi connectivity index (χ4n) is 2.20. The van der Waals surface area contributed by atoms with Gasteiger partial charge in [0.2, 0.25) is 15.9 Å². The molecule has 0 radical (unpaired) electrons. The number of anilines is 1. The van der Waals surface area contributed by atoms with E-state index >= 15 is 0 Å². The van der Waals surface area contributed by atoms with Crippen molar-refractivity contribution < 1.29 is 13.2 Å². The maximum atomic E-state index is 12.0. The number of nitrogens with one attached hydrogen (secondary N) is 2. The zero-order valence-corrected chi connectivity index (χ0v) is 15.8. The van der Waals surface area contributed by atoms with E-state index in [0.717, 1.165) is 24.9 Å². The third-order valence-electron chi connectivity index (χ3n) is 3.78. The lowest BCUT2D eigenvalue weighted by Crippen LogP contribution is -2.31. The Bertz CT molecular complexity index is 612. The largest absolute Gasteiger partial charge is 0.326 e. The van der Waals surface area contributed by atoms with Crippen molar-refractivity contribution >= 4 is 21.6 Å². The van der Waals surface area contributed by atoms with E-state index < -0.39 is 15.3 Å². The van der Waals surface area contributed by atoms with E-state index in [0.29, 0.717) is 25.8 Å². The number of carbonyl (C=O) groups excluding carboxylic acids is 1. The first-order chi connectivity index (χ1) is 11.3. The first kappa shape index (κ1) is 20.6. The average molecular weight is 355 g/mol. The van der Waals surface area contributed by atoms with Gasteiger partial charge in [-0.2, -0.15) is 0 Å². The van der Waals surface area contributed by atoms with Crippen LogP contribution in [0, 0.1) is 0 Å². The topological polar surface area (TPSA) is 75.3 Å². The van der Waals surface area contributed by atoms with Crippen molar-refractivity contribution in [3.05, 3.63) is 29.8 Å². The number of aryl methyl sites for hydroxylation is 1. The second-order valence-electron chi connectivity index (χ2n) is 6.30. The molecule has 136 valence electrons. The van der Waals surface area contributed by atoms with Gasteiger partial charge in [-0.1, -0.05) is 25.5 Å². The van der Waals surface area contributed by atoms with Crippen molar-refractivity contribution in [2.45, 2.75) is 64.5 Å². The predicted octanol–water partition coefficient (Wildman–Crippen LogP) is 3.47. The van der Waals surface area contributed by atoms with Gasteiger partial charge in [0.25, 0.3) is 0 Å². The maximum Gasteiger partial charge on any atom is 0.224 e. The van der Waals surface area contributed by atoms with Crippen molar-refractivity contribution in [1.82, 2.24) is 4.72 Å². The number of amides is 1. The van der Waals surface area contributed by atoms with Crippen molar-refractivity contribution in [3.63, 3.8) is 0 Å². The molecule has 1 rings (SSSR count). The van der Waals surface area contributed by atoms with E-state index in [9.17, 15) is 13.2 Å². The Morgan fingerprint density at radius 2 is 1.92 bits per heavy atom. The van der Waals surface area contributed by atoms with E-state index in [1.165, 1.54) is 5.56 Å². The molecule has 0 fully saturated rings. The summed E-state index contributed by atoms with van der Waals surface area (Å²) in [5.74, 6) is -0.0330. The molecule has 6 heteroatoms. The molecule has 0 aliphatic heterocycles. The number of hydrogen-bond donors (Lipinski definition) is 2. The Morgan fingerprint density at radius 3 is 2.58 bits per heavy atom. The summed E-state index contributed by atoms with van der Waals surface area (Å²) in [6, 6.07) is 7.95. The summed E-state index contributed by atoms with van der Waals surface area (Å²) in [6.07, 6.45) is 5.01. The fraction of sp³-hybridized carbons (Fsp3) is 0.611. The molecule has 1 amide bonds. The minimum Gasteiger partial charge on any atom is -0.326 e. The molecule has 0 aromatic heterocycles. The van der Waals surface area contributed by atoms with Gasteiger partial charge in [-0.25, -0.2) is 13.1 Å². The van der Waals surface area contributed by atoms with Crippen LogP contribution >= 0.6 is 0 Å². The molecule has 0 saturated carbocycles. The van der Waals surface area contributed by atoms with Gasteiger partial charge in [-0.3, -0.25) is 4.79 Å². The van der Waals surface area contributed by atoms with Gasteiger partial charge in [0.1, 0.15) is 0 Å². The number of unbranched alkanes of at least 4 members (excludes halogenated alkanes) is 2. The first-order valence-electron chi connectivity index (χ1n) is 8.72. The number of benzene rings is 1. The molecular weight excluding hydrogens is 324 g/mol. The van der Waals surface area contributed by atoms with Gasteiger partial charge in [0.05, 0.1) is 5.25 Å². The number of rotatable bonds is 11. The predicted molar refractivity (Wildman–Crippen MR) is 99.6 cm³/mol. The van der Waals surface area contributed by atoms with Crippen molar-refractivity contribution in [1.29, 1.82) is 0 Å². The summed E-state index contributed by atoms with van der Waals surface area (Å²) >= 11 is 0. The van der Waals surface area contributed by atoms with Crippen LogP contribution in [0.25, 0.3) is 0 Å². The molecule has 2 N–H and O–H groups in total. The zero-order chi connectivity index (χ0) is 18.0. The highest BCUT2D eigenvalue weighted by atomic mass is 32.2. The Kier molecular flexibility index (Phi) is 9.00. The van der Waals surface area contributed by atoms with E-state index in [1.54, 1.807) is 13.8 Å². The highest BCUT2D eigenvalue weighted by Crippen LogP contribution is 2.13. The summed E-state index contributed by atoms with van der Waals surface area (Å²) in [6.45, 7) is 5.82. The van der Waals surface area contributed by atoms with Gasteiger partial charge in [0.15, 0.2) is 0 Å². The lowest BCUT2D eigenvalue weighted by molar-refractivity contribution is -0.116. The minimum atomic E-state index is -3.21. The second-order valence-corrected chi connectivity index (χ2v) is 8.62. The Morgan fingerprint density at radius 1 is 1.17 bits per heavy atom. The van der Waals surface area contributed by atoms with Gasteiger partial charge in [0, 0.05) is 18.7 Å². The number of sulfonamides is 1. The lowest BCUT2D eigenvalue weighted by Gasteiger charge is -2.09. The van der Waals surface area contributed by atoms with Crippen LogP contribution in [0.15, 0.2) is 24.3 Å². The summed E-state index contributed by atoms with van der Waals surface area (Å²) in [5.41, 5.74) is 2.06. The molecule has 5 nitrogen and oxygen atoms in total. The molecule has 0 aliphatic carbocycles. The normalized spacial score (nSPS) is 11.7. The quantitative estimate of drug-likeness (QED) is 0.598. The van der Waals surface area contributed by atoms with Crippen LogP contribution < -0.4 is 10.0 Å². The highest BCUT2D eigenvalue weighted by Gasteiger charge is 2.14. The van der Waals surface area contributed by atoms with Gasteiger partial charge < -0.3 is 5.32 Å². The Labute approximate surface area is 146 Å². The van der Waals surface area contributed by atoms with E-state index in [1.807, 2.05) is 18.2 Å². The summed E-state index contributed by atoms with van der Waals surface area (Å²) in [7, 11) is -3.21. The molecule has 1 aromatic carbocycles. The van der Waals surface area contributed by atoms with Crippen LogP contribution in [0.1, 0.15) is 58.4 Å². The van der Waals surface area contributed by atoms with Crippen LogP contribution in [-0.2, 0) is 21.2 Å². The molecular formula is C18H30N2O3S. The molecule has 0 bridgehead atoms. The number of carbonyl (C=O) groups is 1. The Hall–Kier alpha value is -1.40. The first-order valence-corrected chi connectivity index (χ1v) is 10.3. The molecule has 0 unspecified atom stereocenters. The number of hydrogen-bond acceptors (Lipinski definition) is 3. The molecule has 0 spiro atoms. The van der Waals surface area contributed by atoms with Crippen LogP contribution in [0.2, 0.25) is 0 Å². The summed E-state index contributed by atoms with van der Waals surface area (Å²) in [5, 5.41) is 2.48. The molecule has 0 atom stereocenters. The molecule has 0 heterocycles. The third kappa shape index (κ3) is 7.93. The minimum absolute atomic E-state index is 0.0330. The Balaban J connectivity index is 2.29. The monoisotopic (exact) mass is 354 g/mol. The maximum absolute atomic E-state index is 12.0. The van der Waals surface area contributed by atoms with Crippen LogP contribution in [0.5, 0.6) is 0 Å². The van der Waals surface area contributed by atoms with E-state index in [-0.39, 0.29) is 5.91 Å². The molecule has 1 aromatic rings. The van der Waals surface area contributed by atoms with Gasteiger partial charge in [-0.15, -0.1) is 0 Å². The zero-order valence-electron chi connectivity index (χ0n) is 15.0. The van der Waals surface area contributed by atoms with Crippen molar-refractivity contribution in [2.75, 3.05) is 11.9 Å². The van der Waals surface area contributed by atoms with Crippen LogP contribution in [0.3, 0.4) is 0 Å². The van der Waals surface area contributed by atoms with E-state index in [4.69, 9.17) is 0 Å². The van der Waals surface area contributed by atoms with E-state index in [2.05, 4.69) is 23.0 Å². The second kappa shape index (κ2) is 10.5. The molecule has 0 aliphatic rings. The fourth-order valence-corrected chi connectivity index (χ4v) is 2.96. The average Bonchev–Trinajstić information content (AvgIpc) is 2.52. The van der Waals surface area contributed by atoms with Crippen LogP contribution in [-0.4, -0.2) is 26.1 Å². The smallest absolute Gasteiger partial charge is 0.224 e. The highest BCUT2D eigenvalue weighted by molar-refractivity contribution is 7.90. The van der Waals surface area contributed by atoms with Crippen molar-refractivity contribution in [3.8, 4) is 0 Å². The lowest BCUT2D eigenvalue weighted by atomic mass is 10.1. The third-order valence-corrected chi connectivity index (χ3v) is 5.63. The molecule has 0 saturated heterocycles. The standard InChI is InChI=1S/C18H30N2O3S/c1-4-5-9-16-10-8-11-17(14-16)20-18(21)12-6-7-13-19-24(22,23)15(2)3/h8,10-11,14-15,19H,4-7,9,12-13H2,1-3H3,(H,20,21). The van der Waals surface area contributed by atoms with Gasteiger partial charge in [-0.05, 0) is 57.2 Å². The van der Waals surface area contributed by atoms with Gasteiger partial charge >= 0.3 is 0 Å².